The first kappa shape index (κ1) is 23.5. The number of carbonyl (C=O) groups is 1. The minimum absolute atomic E-state index is 0.164. The van der Waals surface area contributed by atoms with E-state index < -0.39 is 10.2 Å². The third-order valence-electron chi connectivity index (χ3n) is 5.07. The van der Waals surface area contributed by atoms with E-state index in [1.54, 1.807) is 13.2 Å². The average molecular weight is 498 g/mol. The van der Waals surface area contributed by atoms with E-state index in [1.165, 1.54) is 30.0 Å². The van der Waals surface area contributed by atoms with Crippen molar-refractivity contribution >= 4 is 40.6 Å². The van der Waals surface area contributed by atoms with Gasteiger partial charge in [-0.25, -0.2) is 0 Å². The molecule has 2 heterocycles. The van der Waals surface area contributed by atoms with Crippen LogP contribution in [0.25, 0.3) is 11.4 Å². The molecule has 1 N–H and O–H groups in total. The molecule has 1 amide bonds. The molecule has 1 atom stereocenters. The maximum absolute atomic E-state index is 12.9. The molecule has 34 heavy (non-hydrogen) atoms. The van der Waals surface area contributed by atoms with E-state index in [1.807, 2.05) is 47.9 Å². The molecular weight excluding hydrogens is 478 g/mol. The van der Waals surface area contributed by atoms with Crippen molar-refractivity contribution in [2.24, 2.45) is 0 Å². The molecule has 0 aliphatic carbocycles. The van der Waals surface area contributed by atoms with Crippen molar-refractivity contribution in [3.05, 3.63) is 87.3 Å². The number of benzene rings is 2. The van der Waals surface area contributed by atoms with Crippen LogP contribution in [0.1, 0.15) is 18.2 Å². The van der Waals surface area contributed by atoms with Crippen LogP contribution in [0.4, 0.5) is 11.4 Å². The third-order valence-corrected chi connectivity index (χ3v) is 6.48. The molecule has 0 spiro atoms. The molecule has 0 bridgehead atoms. The first-order valence-corrected chi connectivity index (χ1v) is 11.5. The number of carbonyl (C=O) groups excluding carboxylic acids is 1. The van der Waals surface area contributed by atoms with E-state index in [2.05, 4.69) is 15.5 Å². The summed E-state index contributed by atoms with van der Waals surface area (Å²) in [5, 5.41) is 22.6. The number of amides is 1. The highest BCUT2D eigenvalue weighted by molar-refractivity contribution is 8.00. The van der Waals surface area contributed by atoms with E-state index >= 15 is 0 Å². The number of non-ortho nitro benzene ring substituents is 1. The Morgan fingerprint density at radius 1 is 1.24 bits per heavy atom. The summed E-state index contributed by atoms with van der Waals surface area (Å²) in [6.07, 6.45) is 1.60. The summed E-state index contributed by atoms with van der Waals surface area (Å²) < 4.78 is 7.38. The highest BCUT2D eigenvalue weighted by Gasteiger charge is 2.23. The predicted molar refractivity (Wildman–Crippen MR) is 130 cm³/mol. The second kappa shape index (κ2) is 10.1. The molecule has 4 rings (SSSR count). The van der Waals surface area contributed by atoms with Gasteiger partial charge in [-0.3, -0.25) is 19.5 Å². The summed E-state index contributed by atoms with van der Waals surface area (Å²) in [6.45, 7) is 4.07. The van der Waals surface area contributed by atoms with Gasteiger partial charge in [0.05, 0.1) is 39.3 Å². The number of nitro benzene ring substituents is 1. The molecule has 0 radical (unpaired) electrons. The number of aromatic nitrogens is 3. The van der Waals surface area contributed by atoms with Gasteiger partial charge in [-0.2, -0.15) is 0 Å². The smallest absolute Gasteiger partial charge is 0.271 e. The summed E-state index contributed by atoms with van der Waals surface area (Å²) in [4.78, 5) is 23.4. The molecule has 2 aromatic heterocycles. The largest absolute Gasteiger partial charge is 0.469 e. The van der Waals surface area contributed by atoms with Crippen molar-refractivity contribution in [3.63, 3.8) is 0 Å². The van der Waals surface area contributed by atoms with Crippen molar-refractivity contribution in [3.8, 4) is 11.4 Å². The third kappa shape index (κ3) is 5.13. The van der Waals surface area contributed by atoms with Crippen LogP contribution < -0.4 is 5.32 Å². The molecule has 11 heteroatoms. The average Bonchev–Trinajstić information content (AvgIpc) is 3.41. The van der Waals surface area contributed by atoms with Gasteiger partial charge in [-0.15, -0.1) is 10.2 Å². The standard InChI is InChI=1S/C23H20ClN5O4S/c1-14-18(10-11-33-14)21-26-27-23(28(21)13-16-6-4-3-5-7-16)34-15(2)22(30)25-20-12-17(29(31)32)8-9-19(20)24/h3-12,15H,13H2,1-2H3,(H,25,30). The summed E-state index contributed by atoms with van der Waals surface area (Å²) in [5.74, 6) is 0.971. The van der Waals surface area contributed by atoms with Gasteiger partial charge in [0.25, 0.3) is 5.69 Å². The molecule has 174 valence electrons. The SMILES string of the molecule is Cc1occc1-c1nnc(SC(C)C(=O)Nc2cc([N+](=O)[O-])ccc2Cl)n1Cc1ccccc1. The van der Waals surface area contributed by atoms with E-state index in [-0.39, 0.29) is 22.3 Å². The first-order valence-electron chi connectivity index (χ1n) is 10.3. The minimum Gasteiger partial charge on any atom is -0.469 e. The van der Waals surface area contributed by atoms with Gasteiger partial charge in [0.2, 0.25) is 5.91 Å². The number of rotatable bonds is 8. The van der Waals surface area contributed by atoms with Gasteiger partial charge in [-0.1, -0.05) is 53.7 Å². The van der Waals surface area contributed by atoms with Gasteiger partial charge in [-0.05, 0) is 31.5 Å². The van der Waals surface area contributed by atoms with Gasteiger partial charge in [0.15, 0.2) is 11.0 Å². The molecule has 0 saturated heterocycles. The molecule has 2 aromatic carbocycles. The maximum atomic E-state index is 12.9. The molecule has 0 aliphatic rings. The topological polar surface area (TPSA) is 116 Å². The fourth-order valence-corrected chi connectivity index (χ4v) is 4.28. The quantitative estimate of drug-likeness (QED) is 0.192. The first-order chi connectivity index (χ1) is 16.3. The summed E-state index contributed by atoms with van der Waals surface area (Å²) in [6, 6.07) is 15.6. The molecular formula is C23H20ClN5O4S. The Bertz CT molecular complexity index is 1340. The number of anilines is 1. The van der Waals surface area contributed by atoms with Crippen LogP contribution in [0.3, 0.4) is 0 Å². The molecule has 4 aromatic rings. The summed E-state index contributed by atoms with van der Waals surface area (Å²) >= 11 is 7.35. The maximum Gasteiger partial charge on any atom is 0.271 e. The van der Waals surface area contributed by atoms with Crippen molar-refractivity contribution in [2.75, 3.05) is 5.32 Å². The Morgan fingerprint density at radius 2 is 2.00 bits per heavy atom. The lowest BCUT2D eigenvalue weighted by Gasteiger charge is -2.14. The lowest BCUT2D eigenvalue weighted by atomic mass is 10.2. The number of nitrogens with zero attached hydrogens (tertiary/aromatic N) is 4. The van der Waals surface area contributed by atoms with E-state index in [0.717, 1.165) is 11.1 Å². The van der Waals surface area contributed by atoms with Crippen LogP contribution >= 0.6 is 23.4 Å². The molecule has 0 saturated carbocycles. The second-order valence-corrected chi connectivity index (χ2v) is 9.15. The van der Waals surface area contributed by atoms with Crippen molar-refractivity contribution in [2.45, 2.75) is 30.8 Å². The van der Waals surface area contributed by atoms with Gasteiger partial charge in [0, 0.05) is 12.1 Å². The van der Waals surface area contributed by atoms with Crippen molar-refractivity contribution in [1.82, 2.24) is 14.8 Å². The zero-order valence-corrected chi connectivity index (χ0v) is 19.8. The molecule has 9 nitrogen and oxygen atoms in total. The number of nitrogens with one attached hydrogen (secondary N) is 1. The Morgan fingerprint density at radius 3 is 2.68 bits per heavy atom. The van der Waals surface area contributed by atoms with E-state index in [4.69, 9.17) is 16.0 Å². The Labute approximate surface area is 204 Å². The van der Waals surface area contributed by atoms with Crippen molar-refractivity contribution in [1.29, 1.82) is 0 Å². The fourth-order valence-electron chi connectivity index (χ4n) is 3.27. The predicted octanol–water partition coefficient (Wildman–Crippen LogP) is 5.58. The number of furan rings is 1. The van der Waals surface area contributed by atoms with Gasteiger partial charge >= 0.3 is 0 Å². The number of nitro groups is 1. The lowest BCUT2D eigenvalue weighted by Crippen LogP contribution is -2.23. The van der Waals surface area contributed by atoms with Crippen molar-refractivity contribution < 1.29 is 14.1 Å². The number of aryl methyl sites for hydroxylation is 1. The van der Waals surface area contributed by atoms with Crippen LogP contribution in [0.15, 0.2) is 70.4 Å². The van der Waals surface area contributed by atoms with Gasteiger partial charge in [0.1, 0.15) is 5.76 Å². The summed E-state index contributed by atoms with van der Waals surface area (Å²) in [5.41, 5.74) is 1.87. The van der Waals surface area contributed by atoms with Crippen LogP contribution in [-0.4, -0.2) is 30.8 Å². The minimum atomic E-state index is -0.590. The number of hydrogen-bond donors (Lipinski definition) is 1. The van der Waals surface area contributed by atoms with Crippen LogP contribution in [-0.2, 0) is 11.3 Å². The van der Waals surface area contributed by atoms with Crippen LogP contribution in [0.2, 0.25) is 5.02 Å². The highest BCUT2D eigenvalue weighted by atomic mass is 35.5. The molecule has 0 aliphatic heterocycles. The van der Waals surface area contributed by atoms with Crippen LogP contribution in [0, 0.1) is 17.0 Å². The number of hydrogen-bond acceptors (Lipinski definition) is 7. The Kier molecular flexibility index (Phi) is 6.99. The molecule has 0 fully saturated rings. The fraction of sp³-hybridized carbons (Fsp3) is 0.174. The van der Waals surface area contributed by atoms with E-state index in [9.17, 15) is 14.9 Å². The zero-order valence-electron chi connectivity index (χ0n) is 18.3. The monoisotopic (exact) mass is 497 g/mol. The van der Waals surface area contributed by atoms with Crippen LogP contribution in [0.5, 0.6) is 0 Å². The number of halogens is 1. The highest BCUT2D eigenvalue weighted by Crippen LogP contribution is 2.31. The van der Waals surface area contributed by atoms with Gasteiger partial charge < -0.3 is 9.73 Å². The normalized spacial score (nSPS) is 11.9. The Hall–Kier alpha value is -3.63. The Balaban J connectivity index is 1.59. The number of thioether (sulfide) groups is 1. The zero-order chi connectivity index (χ0) is 24.2. The lowest BCUT2D eigenvalue weighted by molar-refractivity contribution is -0.384. The second-order valence-electron chi connectivity index (χ2n) is 7.44. The van der Waals surface area contributed by atoms with E-state index in [0.29, 0.717) is 23.3 Å². The molecule has 1 unspecified atom stereocenters. The summed E-state index contributed by atoms with van der Waals surface area (Å²) in [7, 11) is 0.